The third kappa shape index (κ3) is 7.86. The van der Waals surface area contributed by atoms with Crippen LogP contribution < -0.4 is 15.5 Å². The second-order valence-electron chi connectivity index (χ2n) is 8.18. The molecule has 0 aliphatic carbocycles. The van der Waals surface area contributed by atoms with Crippen molar-refractivity contribution < 1.29 is 9.47 Å². The number of nitrogens with zero attached hydrogens (tertiary/aromatic N) is 3. The average Bonchev–Trinajstić information content (AvgIpc) is 2.74. The summed E-state index contributed by atoms with van der Waals surface area (Å²) in [5.74, 6) is 1.49. The Bertz CT molecular complexity index is 652. The summed E-state index contributed by atoms with van der Waals surface area (Å²) in [4.78, 5) is 9.28. The molecule has 0 radical (unpaired) electrons. The van der Waals surface area contributed by atoms with Crippen molar-refractivity contribution in [2.75, 3.05) is 71.0 Å². The first-order chi connectivity index (χ1) is 14.2. The minimum Gasteiger partial charge on any atom is -0.378 e. The highest BCUT2D eigenvalue weighted by atomic mass is 127. The van der Waals surface area contributed by atoms with Crippen molar-refractivity contribution in [3.63, 3.8) is 0 Å². The van der Waals surface area contributed by atoms with Crippen molar-refractivity contribution in [2.45, 2.75) is 26.5 Å². The smallest absolute Gasteiger partial charge is 0.191 e. The van der Waals surface area contributed by atoms with Gasteiger partial charge in [-0.25, -0.2) is 0 Å². The zero-order chi connectivity index (χ0) is 20.5. The van der Waals surface area contributed by atoms with Gasteiger partial charge < -0.3 is 25.0 Å². The summed E-state index contributed by atoms with van der Waals surface area (Å²) >= 11 is 0. The Labute approximate surface area is 198 Å². The van der Waals surface area contributed by atoms with Gasteiger partial charge in [0.05, 0.1) is 25.9 Å². The summed E-state index contributed by atoms with van der Waals surface area (Å²) in [6.45, 7) is 13.4. The van der Waals surface area contributed by atoms with Gasteiger partial charge in [0.1, 0.15) is 0 Å². The Hall–Kier alpha value is -1.10. The molecule has 2 N–H and O–H groups in total. The first-order valence-electron chi connectivity index (χ1n) is 10.8. The summed E-state index contributed by atoms with van der Waals surface area (Å²) < 4.78 is 11.4. The van der Waals surface area contributed by atoms with Gasteiger partial charge in [0.15, 0.2) is 5.96 Å². The topological polar surface area (TPSA) is 61.4 Å². The molecular weight excluding hydrogens is 493 g/mol. The van der Waals surface area contributed by atoms with Crippen molar-refractivity contribution in [3.05, 3.63) is 29.8 Å². The van der Waals surface area contributed by atoms with Gasteiger partial charge in [-0.2, -0.15) is 0 Å². The third-order valence-electron chi connectivity index (χ3n) is 5.36. The third-order valence-corrected chi connectivity index (χ3v) is 5.36. The number of hydrogen-bond acceptors (Lipinski definition) is 5. The van der Waals surface area contributed by atoms with Crippen LogP contribution in [0.25, 0.3) is 0 Å². The standard InChI is InChI=1S/C22H37N5O2.HI/c1-18(2)16-26-8-13-29-20(17-26)15-25-22(23-3)24-14-19-6-4-5-7-21(19)27-9-11-28-12-10-27;/h4-7,18,20H,8-17H2,1-3H3,(H2,23,24,25);1H. The summed E-state index contributed by atoms with van der Waals surface area (Å²) in [6, 6.07) is 8.57. The van der Waals surface area contributed by atoms with Gasteiger partial charge in [-0.05, 0) is 17.5 Å². The predicted molar refractivity (Wildman–Crippen MR) is 134 cm³/mol. The minimum absolute atomic E-state index is 0. The highest BCUT2D eigenvalue weighted by molar-refractivity contribution is 14.0. The molecule has 0 bridgehead atoms. The lowest BCUT2D eigenvalue weighted by atomic mass is 10.1. The molecule has 0 amide bonds. The van der Waals surface area contributed by atoms with E-state index < -0.39 is 0 Å². The SMILES string of the molecule is CN=C(NCc1ccccc1N1CCOCC1)NCC1CN(CC(C)C)CCO1.I. The van der Waals surface area contributed by atoms with E-state index in [1.54, 1.807) is 0 Å². The summed E-state index contributed by atoms with van der Waals surface area (Å²) in [6.07, 6.45) is 0.196. The van der Waals surface area contributed by atoms with Crippen LogP contribution in [-0.2, 0) is 16.0 Å². The van der Waals surface area contributed by atoms with E-state index in [1.165, 1.54) is 11.3 Å². The maximum absolute atomic E-state index is 5.94. The molecule has 0 saturated carbocycles. The van der Waals surface area contributed by atoms with E-state index in [-0.39, 0.29) is 30.1 Å². The van der Waals surface area contributed by atoms with Crippen LogP contribution in [0.1, 0.15) is 19.4 Å². The van der Waals surface area contributed by atoms with E-state index in [0.29, 0.717) is 5.92 Å². The van der Waals surface area contributed by atoms with E-state index in [0.717, 1.165) is 71.6 Å². The summed E-state index contributed by atoms with van der Waals surface area (Å²) in [5, 5.41) is 6.90. The summed E-state index contributed by atoms with van der Waals surface area (Å²) in [7, 11) is 1.82. The molecule has 1 unspecified atom stereocenters. The second kappa shape index (κ2) is 13.3. The zero-order valence-corrected chi connectivity index (χ0v) is 20.9. The van der Waals surface area contributed by atoms with Crippen molar-refractivity contribution in [1.82, 2.24) is 15.5 Å². The van der Waals surface area contributed by atoms with Gasteiger partial charge in [0.25, 0.3) is 0 Å². The Kier molecular flexibility index (Phi) is 11.2. The normalized spacial score (nSPS) is 20.7. The number of para-hydroxylation sites is 1. The van der Waals surface area contributed by atoms with Gasteiger partial charge in [0.2, 0.25) is 0 Å². The van der Waals surface area contributed by atoms with Gasteiger partial charge in [0, 0.05) is 58.5 Å². The van der Waals surface area contributed by atoms with Gasteiger partial charge in [-0.15, -0.1) is 24.0 Å². The molecule has 170 valence electrons. The van der Waals surface area contributed by atoms with Crippen LogP contribution in [0, 0.1) is 5.92 Å². The number of ether oxygens (including phenoxy) is 2. The van der Waals surface area contributed by atoms with Crippen LogP contribution in [0.2, 0.25) is 0 Å². The quantitative estimate of drug-likeness (QED) is 0.320. The highest BCUT2D eigenvalue weighted by Crippen LogP contribution is 2.21. The number of aliphatic imine (C=N–C) groups is 1. The lowest BCUT2D eigenvalue weighted by molar-refractivity contribution is -0.0284. The number of rotatable bonds is 7. The maximum atomic E-state index is 5.94. The number of anilines is 1. The van der Waals surface area contributed by atoms with Gasteiger partial charge in [-0.1, -0.05) is 32.0 Å². The molecule has 1 aromatic carbocycles. The van der Waals surface area contributed by atoms with E-state index in [9.17, 15) is 0 Å². The molecule has 0 spiro atoms. The fraction of sp³-hybridized carbons (Fsp3) is 0.682. The van der Waals surface area contributed by atoms with E-state index in [4.69, 9.17) is 9.47 Å². The molecule has 2 aliphatic heterocycles. The van der Waals surface area contributed by atoms with Crippen molar-refractivity contribution in [1.29, 1.82) is 0 Å². The Morgan fingerprint density at radius 1 is 1.13 bits per heavy atom. The number of hydrogen-bond donors (Lipinski definition) is 2. The molecule has 1 atom stereocenters. The molecule has 2 aliphatic rings. The highest BCUT2D eigenvalue weighted by Gasteiger charge is 2.21. The van der Waals surface area contributed by atoms with Crippen molar-refractivity contribution in [3.8, 4) is 0 Å². The first kappa shape index (κ1) is 25.2. The molecule has 2 saturated heterocycles. The maximum Gasteiger partial charge on any atom is 0.191 e. The lowest BCUT2D eigenvalue weighted by Gasteiger charge is -2.34. The van der Waals surface area contributed by atoms with Gasteiger partial charge >= 0.3 is 0 Å². The number of morpholine rings is 2. The fourth-order valence-electron chi connectivity index (χ4n) is 3.97. The van der Waals surface area contributed by atoms with Crippen LogP contribution in [0.15, 0.2) is 29.3 Å². The number of guanidine groups is 1. The molecule has 0 aromatic heterocycles. The predicted octanol–water partition coefficient (Wildman–Crippen LogP) is 2.16. The van der Waals surface area contributed by atoms with Crippen LogP contribution >= 0.6 is 24.0 Å². The molecule has 30 heavy (non-hydrogen) atoms. The van der Waals surface area contributed by atoms with Crippen LogP contribution in [0.5, 0.6) is 0 Å². The van der Waals surface area contributed by atoms with Crippen LogP contribution in [0.3, 0.4) is 0 Å². The van der Waals surface area contributed by atoms with Crippen LogP contribution in [0.4, 0.5) is 5.69 Å². The molecule has 1 aromatic rings. The lowest BCUT2D eigenvalue weighted by Crippen LogP contribution is -2.50. The molecule has 8 heteroatoms. The first-order valence-corrected chi connectivity index (χ1v) is 10.8. The molecule has 7 nitrogen and oxygen atoms in total. The zero-order valence-electron chi connectivity index (χ0n) is 18.6. The van der Waals surface area contributed by atoms with E-state index >= 15 is 0 Å². The number of halogens is 1. The summed E-state index contributed by atoms with van der Waals surface area (Å²) in [5.41, 5.74) is 2.55. The number of benzene rings is 1. The van der Waals surface area contributed by atoms with E-state index in [2.05, 4.69) is 63.5 Å². The monoisotopic (exact) mass is 531 g/mol. The molecule has 2 fully saturated rings. The van der Waals surface area contributed by atoms with Crippen molar-refractivity contribution >= 4 is 35.6 Å². The largest absolute Gasteiger partial charge is 0.378 e. The average molecular weight is 531 g/mol. The molecule has 3 rings (SSSR count). The Morgan fingerprint density at radius 2 is 1.90 bits per heavy atom. The second-order valence-corrected chi connectivity index (χ2v) is 8.18. The van der Waals surface area contributed by atoms with Crippen LogP contribution in [-0.4, -0.2) is 83.1 Å². The number of nitrogens with one attached hydrogen (secondary N) is 2. The molecule has 2 heterocycles. The Balaban J connectivity index is 0.00000320. The minimum atomic E-state index is 0. The van der Waals surface area contributed by atoms with E-state index in [1.807, 2.05) is 7.05 Å². The Morgan fingerprint density at radius 3 is 2.63 bits per heavy atom. The molecular formula is C22H38IN5O2. The fourth-order valence-corrected chi connectivity index (χ4v) is 3.97. The van der Waals surface area contributed by atoms with Crippen molar-refractivity contribution in [2.24, 2.45) is 10.9 Å². The van der Waals surface area contributed by atoms with Gasteiger partial charge in [-0.3, -0.25) is 9.89 Å².